The van der Waals surface area contributed by atoms with Gasteiger partial charge in [-0.05, 0) is 116 Å². The molecule has 1 nitrogen and oxygen atoms in total. The molecule has 4 saturated carbocycles. The number of rotatable bonds is 7. The number of allylic oxidation sites excluding steroid dienone is 1. The molecular formula is C30H52O. The van der Waals surface area contributed by atoms with Crippen LogP contribution in [0.5, 0.6) is 0 Å². The van der Waals surface area contributed by atoms with E-state index in [1.54, 1.807) is 0 Å². The molecule has 4 fully saturated rings. The average Bonchev–Trinajstić information content (AvgIpc) is 3.07. The van der Waals surface area contributed by atoms with E-state index in [0.717, 1.165) is 48.3 Å². The maximum atomic E-state index is 10.8. The van der Waals surface area contributed by atoms with Gasteiger partial charge in [0.2, 0.25) is 0 Å². The smallest absolute Gasteiger partial charge is 0.0574 e. The van der Waals surface area contributed by atoms with Crippen molar-refractivity contribution in [3.05, 3.63) is 12.7 Å². The quantitative estimate of drug-likeness (QED) is 0.404. The van der Waals surface area contributed by atoms with E-state index < -0.39 is 0 Å². The highest BCUT2D eigenvalue weighted by atomic mass is 16.3. The molecule has 10 atom stereocenters. The minimum atomic E-state index is -0.0935. The summed E-state index contributed by atoms with van der Waals surface area (Å²) in [5, 5.41) is 10.8. The Kier molecular flexibility index (Phi) is 7.04. The van der Waals surface area contributed by atoms with Crippen LogP contribution in [0.4, 0.5) is 0 Å². The number of aliphatic hydroxyl groups is 1. The van der Waals surface area contributed by atoms with Gasteiger partial charge < -0.3 is 5.11 Å². The molecule has 178 valence electrons. The van der Waals surface area contributed by atoms with Crippen molar-refractivity contribution in [3.63, 3.8) is 0 Å². The van der Waals surface area contributed by atoms with Crippen molar-refractivity contribution in [2.45, 2.75) is 118 Å². The van der Waals surface area contributed by atoms with Gasteiger partial charge in [0, 0.05) is 0 Å². The van der Waals surface area contributed by atoms with E-state index in [1.165, 1.54) is 64.2 Å². The van der Waals surface area contributed by atoms with Gasteiger partial charge in [-0.3, -0.25) is 0 Å². The van der Waals surface area contributed by atoms with Crippen LogP contribution in [0.15, 0.2) is 12.7 Å². The molecule has 0 amide bonds. The molecule has 1 heteroatoms. The van der Waals surface area contributed by atoms with Gasteiger partial charge in [0.15, 0.2) is 0 Å². The van der Waals surface area contributed by atoms with Crippen molar-refractivity contribution in [1.29, 1.82) is 0 Å². The second kappa shape index (κ2) is 9.15. The lowest BCUT2D eigenvalue weighted by Gasteiger charge is -2.62. The Hall–Kier alpha value is -0.300. The van der Waals surface area contributed by atoms with Crippen LogP contribution >= 0.6 is 0 Å². The Labute approximate surface area is 193 Å². The number of hydrogen-bond donors (Lipinski definition) is 1. The van der Waals surface area contributed by atoms with Gasteiger partial charge in [0.1, 0.15) is 0 Å². The minimum absolute atomic E-state index is 0.0935. The molecule has 0 saturated heterocycles. The molecule has 0 aromatic rings. The maximum absolute atomic E-state index is 10.8. The van der Waals surface area contributed by atoms with Crippen molar-refractivity contribution in [1.82, 2.24) is 0 Å². The zero-order valence-corrected chi connectivity index (χ0v) is 21.4. The van der Waals surface area contributed by atoms with Crippen LogP contribution in [0, 0.1) is 58.2 Å². The lowest BCUT2D eigenvalue weighted by molar-refractivity contribution is -0.152. The highest BCUT2D eigenvalue weighted by molar-refractivity contribution is 5.11. The van der Waals surface area contributed by atoms with E-state index in [-0.39, 0.29) is 6.10 Å². The highest BCUT2D eigenvalue weighted by Crippen LogP contribution is 2.69. The van der Waals surface area contributed by atoms with E-state index in [2.05, 4.69) is 47.3 Å². The summed E-state index contributed by atoms with van der Waals surface area (Å²) in [6.07, 6.45) is 18.2. The van der Waals surface area contributed by atoms with E-state index in [4.69, 9.17) is 0 Å². The van der Waals surface area contributed by atoms with Crippen LogP contribution in [-0.2, 0) is 0 Å². The second-order valence-electron chi connectivity index (χ2n) is 13.4. The lowest BCUT2D eigenvalue weighted by Crippen LogP contribution is -2.56. The van der Waals surface area contributed by atoms with E-state index >= 15 is 0 Å². The van der Waals surface area contributed by atoms with Gasteiger partial charge in [-0.1, -0.05) is 60.0 Å². The summed E-state index contributed by atoms with van der Waals surface area (Å²) in [7, 11) is 0. The molecule has 4 rings (SSSR count). The van der Waals surface area contributed by atoms with Gasteiger partial charge in [-0.25, -0.2) is 0 Å². The predicted molar refractivity (Wildman–Crippen MR) is 133 cm³/mol. The van der Waals surface area contributed by atoms with E-state index in [0.29, 0.717) is 22.7 Å². The third kappa shape index (κ3) is 4.08. The Morgan fingerprint density at radius 2 is 1.55 bits per heavy atom. The SMILES string of the molecule is C=CC[C@H]1[C@H](O)CC[C@]2(C)C3CC[C@@]4(C)C(CC[C@@H]4[C@H](C)CCCC(C)C)C3CC[C@H]12. The van der Waals surface area contributed by atoms with Crippen molar-refractivity contribution >= 4 is 0 Å². The molecule has 0 heterocycles. The molecule has 0 aliphatic heterocycles. The van der Waals surface area contributed by atoms with Gasteiger partial charge in [0.05, 0.1) is 6.10 Å². The summed E-state index contributed by atoms with van der Waals surface area (Å²) in [5.41, 5.74) is 1.05. The molecule has 0 spiro atoms. The zero-order chi connectivity index (χ0) is 22.4. The standard InChI is InChI=1S/C30H52O/c1-7-9-23-26-13-12-22-25-15-14-24(21(4)11-8-10-20(2)3)29(25,5)18-16-27(22)30(26,6)19-17-28(23)31/h7,20-28,31H,1,8-19H2,2-6H3/t21-,22?,23-,24-,25?,26-,27?,28-,29-,30+/m1/s1. The third-order valence-corrected chi connectivity index (χ3v) is 11.6. The van der Waals surface area contributed by atoms with E-state index in [9.17, 15) is 5.11 Å². The fourth-order valence-corrected chi connectivity index (χ4v) is 10.0. The first-order chi connectivity index (χ1) is 14.7. The fraction of sp³-hybridized carbons (Fsp3) is 0.933. The van der Waals surface area contributed by atoms with Crippen LogP contribution in [0.25, 0.3) is 0 Å². The largest absolute Gasteiger partial charge is 0.393 e. The van der Waals surface area contributed by atoms with Gasteiger partial charge in [-0.15, -0.1) is 6.58 Å². The van der Waals surface area contributed by atoms with Gasteiger partial charge >= 0.3 is 0 Å². The summed E-state index contributed by atoms with van der Waals surface area (Å²) in [5.74, 6) is 6.70. The lowest BCUT2D eigenvalue weighted by atomic mass is 9.43. The summed E-state index contributed by atoms with van der Waals surface area (Å²) < 4.78 is 0. The molecule has 0 bridgehead atoms. The first-order valence-corrected chi connectivity index (χ1v) is 14.0. The zero-order valence-electron chi connectivity index (χ0n) is 21.4. The summed E-state index contributed by atoms with van der Waals surface area (Å²) in [6.45, 7) is 16.7. The number of aliphatic hydroxyl groups excluding tert-OH is 1. The molecule has 1 N–H and O–H groups in total. The fourth-order valence-electron chi connectivity index (χ4n) is 10.0. The molecule has 0 aromatic heterocycles. The van der Waals surface area contributed by atoms with Gasteiger partial charge in [0.25, 0.3) is 0 Å². The summed E-state index contributed by atoms with van der Waals surface area (Å²) in [6, 6.07) is 0. The summed E-state index contributed by atoms with van der Waals surface area (Å²) >= 11 is 0. The number of fused-ring (bicyclic) bond motifs is 5. The van der Waals surface area contributed by atoms with Crippen LogP contribution in [0.2, 0.25) is 0 Å². The van der Waals surface area contributed by atoms with Crippen LogP contribution in [0.1, 0.15) is 112 Å². The van der Waals surface area contributed by atoms with Crippen LogP contribution in [0.3, 0.4) is 0 Å². The van der Waals surface area contributed by atoms with E-state index in [1.807, 2.05) is 0 Å². The van der Waals surface area contributed by atoms with Crippen molar-refractivity contribution in [3.8, 4) is 0 Å². The molecular weight excluding hydrogens is 376 g/mol. The first-order valence-electron chi connectivity index (χ1n) is 14.0. The van der Waals surface area contributed by atoms with Crippen LogP contribution < -0.4 is 0 Å². The summed E-state index contributed by atoms with van der Waals surface area (Å²) in [4.78, 5) is 0. The molecule has 31 heavy (non-hydrogen) atoms. The highest BCUT2D eigenvalue weighted by Gasteiger charge is 2.61. The van der Waals surface area contributed by atoms with Crippen molar-refractivity contribution in [2.24, 2.45) is 58.2 Å². The van der Waals surface area contributed by atoms with Crippen molar-refractivity contribution in [2.75, 3.05) is 0 Å². The van der Waals surface area contributed by atoms with Gasteiger partial charge in [-0.2, -0.15) is 0 Å². The normalized spacial score (nSPS) is 48.0. The second-order valence-corrected chi connectivity index (χ2v) is 13.4. The molecule has 4 aliphatic carbocycles. The Morgan fingerprint density at radius 1 is 0.871 bits per heavy atom. The Morgan fingerprint density at radius 3 is 2.26 bits per heavy atom. The predicted octanol–water partition coefficient (Wildman–Crippen LogP) is 8.27. The molecule has 3 unspecified atom stereocenters. The molecule has 0 radical (unpaired) electrons. The minimum Gasteiger partial charge on any atom is -0.393 e. The maximum Gasteiger partial charge on any atom is 0.0574 e. The first kappa shape index (κ1) is 23.8. The molecule has 4 aliphatic rings. The number of hydrogen-bond acceptors (Lipinski definition) is 1. The Balaban J connectivity index is 1.49. The monoisotopic (exact) mass is 428 g/mol. The molecule has 0 aromatic carbocycles. The Bertz CT molecular complexity index is 624. The topological polar surface area (TPSA) is 20.2 Å². The average molecular weight is 429 g/mol. The van der Waals surface area contributed by atoms with Crippen molar-refractivity contribution < 1.29 is 5.11 Å². The van der Waals surface area contributed by atoms with Crippen LogP contribution in [-0.4, -0.2) is 11.2 Å². The third-order valence-electron chi connectivity index (χ3n) is 11.6.